The van der Waals surface area contributed by atoms with Gasteiger partial charge >= 0.3 is 0 Å². The van der Waals surface area contributed by atoms with Gasteiger partial charge in [0.2, 0.25) is 5.91 Å². The lowest BCUT2D eigenvalue weighted by Crippen LogP contribution is -2.39. The minimum absolute atomic E-state index is 0.244. The molecule has 17 heavy (non-hydrogen) atoms. The number of nitrogens with two attached hydrogens (primary N) is 1. The number of nitrogens with zero attached hydrogens (tertiary/aromatic N) is 1. The molecule has 0 aliphatic heterocycles. The van der Waals surface area contributed by atoms with Gasteiger partial charge in [-0.1, -0.05) is 26.7 Å². The van der Waals surface area contributed by atoms with E-state index in [0.29, 0.717) is 18.5 Å². The van der Waals surface area contributed by atoms with Crippen LogP contribution in [0.5, 0.6) is 0 Å². The highest BCUT2D eigenvalue weighted by atomic mass is 16.2. The third-order valence-electron chi connectivity index (χ3n) is 3.62. The van der Waals surface area contributed by atoms with Gasteiger partial charge in [-0.2, -0.15) is 0 Å². The minimum Gasteiger partial charge on any atom is -0.339 e. The summed E-state index contributed by atoms with van der Waals surface area (Å²) >= 11 is 0. The molecule has 2 N–H and O–H groups in total. The number of amides is 1. The standard InChI is InChI=1S/C14H28N2O/c1-3-5-7-12(4-2)14(17)16(11-6-10-15)13-8-9-13/h12-13H,3-11,15H2,1-2H3. The molecule has 1 rings (SSSR count). The zero-order valence-electron chi connectivity index (χ0n) is 11.5. The third kappa shape index (κ3) is 4.66. The number of hydrogen-bond donors (Lipinski definition) is 1. The van der Waals surface area contributed by atoms with Crippen molar-refractivity contribution >= 4 is 5.91 Å². The molecule has 1 fully saturated rings. The minimum atomic E-state index is 0.244. The molecule has 100 valence electrons. The fourth-order valence-corrected chi connectivity index (χ4v) is 2.31. The van der Waals surface area contributed by atoms with E-state index < -0.39 is 0 Å². The van der Waals surface area contributed by atoms with Gasteiger partial charge in [0.25, 0.3) is 0 Å². The van der Waals surface area contributed by atoms with Gasteiger partial charge in [-0.05, 0) is 38.6 Å². The number of rotatable bonds is 9. The quantitative estimate of drug-likeness (QED) is 0.673. The maximum absolute atomic E-state index is 12.5. The molecular formula is C14H28N2O. The van der Waals surface area contributed by atoms with Crippen LogP contribution < -0.4 is 5.73 Å². The maximum Gasteiger partial charge on any atom is 0.225 e. The van der Waals surface area contributed by atoms with Crippen LogP contribution in [0.15, 0.2) is 0 Å². The van der Waals surface area contributed by atoms with E-state index in [0.717, 1.165) is 25.8 Å². The van der Waals surface area contributed by atoms with E-state index in [-0.39, 0.29) is 5.92 Å². The Balaban J connectivity index is 2.48. The van der Waals surface area contributed by atoms with E-state index in [1.165, 1.54) is 25.7 Å². The van der Waals surface area contributed by atoms with Gasteiger partial charge < -0.3 is 10.6 Å². The molecule has 1 saturated carbocycles. The Morgan fingerprint density at radius 1 is 1.35 bits per heavy atom. The first-order valence-corrected chi connectivity index (χ1v) is 7.25. The third-order valence-corrected chi connectivity index (χ3v) is 3.62. The van der Waals surface area contributed by atoms with Crippen molar-refractivity contribution in [3.8, 4) is 0 Å². The lowest BCUT2D eigenvalue weighted by atomic mass is 9.97. The van der Waals surface area contributed by atoms with Crippen LogP contribution in [-0.4, -0.2) is 29.9 Å². The smallest absolute Gasteiger partial charge is 0.225 e. The molecule has 3 heteroatoms. The van der Waals surface area contributed by atoms with Crippen LogP contribution in [0.2, 0.25) is 0 Å². The summed E-state index contributed by atoms with van der Waals surface area (Å²) in [5, 5.41) is 0. The summed E-state index contributed by atoms with van der Waals surface area (Å²) in [4.78, 5) is 14.6. The summed E-state index contributed by atoms with van der Waals surface area (Å²) in [6.07, 6.45) is 7.70. The Morgan fingerprint density at radius 2 is 2.06 bits per heavy atom. The Bertz CT molecular complexity index is 226. The summed E-state index contributed by atoms with van der Waals surface area (Å²) in [5.74, 6) is 0.630. The summed E-state index contributed by atoms with van der Waals surface area (Å²) in [7, 11) is 0. The van der Waals surface area contributed by atoms with Gasteiger partial charge in [-0.3, -0.25) is 4.79 Å². The van der Waals surface area contributed by atoms with Crippen molar-refractivity contribution in [1.29, 1.82) is 0 Å². The average Bonchev–Trinajstić information content (AvgIpc) is 3.15. The Kier molecular flexibility index (Phi) is 6.56. The molecule has 0 bridgehead atoms. The van der Waals surface area contributed by atoms with Crippen molar-refractivity contribution in [2.24, 2.45) is 11.7 Å². The number of carbonyl (C=O) groups excluding carboxylic acids is 1. The van der Waals surface area contributed by atoms with Gasteiger partial charge in [0.15, 0.2) is 0 Å². The molecule has 0 aromatic rings. The van der Waals surface area contributed by atoms with Gasteiger partial charge in [-0.15, -0.1) is 0 Å². The zero-order chi connectivity index (χ0) is 12.7. The van der Waals surface area contributed by atoms with E-state index >= 15 is 0 Å². The van der Waals surface area contributed by atoms with Crippen molar-refractivity contribution < 1.29 is 4.79 Å². The largest absolute Gasteiger partial charge is 0.339 e. The second-order valence-corrected chi connectivity index (χ2v) is 5.15. The Hall–Kier alpha value is -0.570. The molecule has 1 atom stereocenters. The van der Waals surface area contributed by atoms with E-state index in [1.807, 2.05) is 0 Å². The highest BCUT2D eigenvalue weighted by molar-refractivity contribution is 5.79. The number of unbranched alkanes of at least 4 members (excludes halogenated alkanes) is 1. The first-order valence-electron chi connectivity index (χ1n) is 7.25. The monoisotopic (exact) mass is 240 g/mol. The van der Waals surface area contributed by atoms with Crippen molar-refractivity contribution in [3.05, 3.63) is 0 Å². The van der Waals surface area contributed by atoms with Gasteiger partial charge in [0.1, 0.15) is 0 Å². The predicted molar refractivity (Wildman–Crippen MR) is 71.7 cm³/mol. The first kappa shape index (κ1) is 14.5. The molecule has 0 saturated heterocycles. The molecule has 3 nitrogen and oxygen atoms in total. The zero-order valence-corrected chi connectivity index (χ0v) is 11.5. The molecule has 1 aliphatic rings. The Labute approximate surface area is 106 Å². The lowest BCUT2D eigenvalue weighted by molar-refractivity contribution is -0.136. The number of hydrogen-bond acceptors (Lipinski definition) is 2. The highest BCUT2D eigenvalue weighted by Crippen LogP contribution is 2.29. The Morgan fingerprint density at radius 3 is 2.53 bits per heavy atom. The first-order chi connectivity index (χ1) is 8.24. The summed E-state index contributed by atoms with van der Waals surface area (Å²) < 4.78 is 0. The van der Waals surface area contributed by atoms with Crippen LogP contribution in [-0.2, 0) is 4.79 Å². The van der Waals surface area contributed by atoms with Gasteiger partial charge in [-0.25, -0.2) is 0 Å². The number of carbonyl (C=O) groups is 1. The second-order valence-electron chi connectivity index (χ2n) is 5.15. The summed E-state index contributed by atoms with van der Waals surface area (Å²) in [5.41, 5.74) is 5.55. The van der Waals surface area contributed by atoms with Crippen LogP contribution in [0.1, 0.15) is 58.8 Å². The summed E-state index contributed by atoms with van der Waals surface area (Å²) in [6.45, 7) is 5.86. The molecular weight excluding hydrogens is 212 g/mol. The van der Waals surface area contributed by atoms with Crippen molar-refractivity contribution in [2.75, 3.05) is 13.1 Å². The molecule has 0 spiro atoms. The van der Waals surface area contributed by atoms with Crippen molar-refractivity contribution in [2.45, 2.75) is 64.8 Å². The molecule has 0 heterocycles. The average molecular weight is 240 g/mol. The topological polar surface area (TPSA) is 46.3 Å². The molecule has 0 aromatic carbocycles. The second kappa shape index (κ2) is 7.70. The maximum atomic E-state index is 12.5. The van der Waals surface area contributed by atoms with Crippen LogP contribution in [0.4, 0.5) is 0 Å². The molecule has 1 amide bonds. The molecule has 0 radical (unpaired) electrons. The summed E-state index contributed by atoms with van der Waals surface area (Å²) in [6, 6.07) is 0.532. The van der Waals surface area contributed by atoms with E-state index in [1.54, 1.807) is 0 Å². The fraction of sp³-hybridized carbons (Fsp3) is 0.929. The SMILES string of the molecule is CCCCC(CC)C(=O)N(CCCN)C1CC1. The van der Waals surface area contributed by atoms with E-state index in [2.05, 4.69) is 18.7 Å². The van der Waals surface area contributed by atoms with Crippen LogP contribution in [0.25, 0.3) is 0 Å². The van der Waals surface area contributed by atoms with Crippen LogP contribution in [0.3, 0.4) is 0 Å². The lowest BCUT2D eigenvalue weighted by Gasteiger charge is -2.27. The van der Waals surface area contributed by atoms with Crippen molar-refractivity contribution in [3.63, 3.8) is 0 Å². The molecule has 1 unspecified atom stereocenters. The van der Waals surface area contributed by atoms with Crippen LogP contribution >= 0.6 is 0 Å². The van der Waals surface area contributed by atoms with E-state index in [4.69, 9.17) is 5.73 Å². The van der Waals surface area contributed by atoms with Crippen LogP contribution in [0, 0.1) is 5.92 Å². The predicted octanol–water partition coefficient (Wildman–Crippen LogP) is 2.54. The van der Waals surface area contributed by atoms with Gasteiger partial charge in [0.05, 0.1) is 0 Å². The van der Waals surface area contributed by atoms with E-state index in [9.17, 15) is 4.79 Å². The molecule has 0 aromatic heterocycles. The van der Waals surface area contributed by atoms with Gasteiger partial charge in [0, 0.05) is 18.5 Å². The highest BCUT2D eigenvalue weighted by Gasteiger charge is 2.34. The normalized spacial score (nSPS) is 16.9. The molecule has 1 aliphatic carbocycles. The fourth-order valence-electron chi connectivity index (χ4n) is 2.31. The van der Waals surface area contributed by atoms with Crippen molar-refractivity contribution in [1.82, 2.24) is 4.90 Å².